The third-order valence-corrected chi connectivity index (χ3v) is 4.94. The molecule has 0 amide bonds. The lowest BCUT2D eigenvalue weighted by molar-refractivity contribution is -0.154. The van der Waals surface area contributed by atoms with E-state index < -0.39 is 12.2 Å². The number of carbonyl (C=O) groups is 1. The molecule has 1 fully saturated rings. The normalized spacial score (nSPS) is 22.4. The number of benzene rings is 2. The molecule has 2 aromatic carbocycles. The zero-order chi connectivity index (χ0) is 20.6. The Morgan fingerprint density at radius 2 is 1.31 bits per heavy atom. The lowest BCUT2D eigenvalue weighted by Gasteiger charge is -2.31. The fraction of sp³-hybridized carbons (Fsp3) is 0.435. The summed E-state index contributed by atoms with van der Waals surface area (Å²) < 4.78 is 28.6. The van der Waals surface area contributed by atoms with Gasteiger partial charge in [0.05, 0.1) is 14.2 Å². The van der Waals surface area contributed by atoms with Crippen molar-refractivity contribution in [2.75, 3.05) is 14.2 Å². The van der Waals surface area contributed by atoms with E-state index in [-0.39, 0.29) is 12.1 Å². The number of methoxy groups -OCH3 is 2. The maximum absolute atomic E-state index is 12.1. The van der Waals surface area contributed by atoms with Crippen LogP contribution in [0.2, 0.25) is 0 Å². The summed E-state index contributed by atoms with van der Waals surface area (Å²) in [5, 5.41) is 0. The molecule has 3 rings (SSSR count). The van der Waals surface area contributed by atoms with E-state index >= 15 is 0 Å². The summed E-state index contributed by atoms with van der Waals surface area (Å²) in [7, 11) is 3.25. The quantitative estimate of drug-likeness (QED) is 0.670. The van der Waals surface area contributed by atoms with E-state index in [1.165, 1.54) is 0 Å². The van der Waals surface area contributed by atoms with Crippen LogP contribution in [0.3, 0.4) is 0 Å². The number of cyclic esters (lactones) is 1. The minimum absolute atomic E-state index is 0.203. The van der Waals surface area contributed by atoms with Crippen LogP contribution in [0.1, 0.15) is 32.6 Å². The molecule has 0 aliphatic carbocycles. The van der Waals surface area contributed by atoms with Gasteiger partial charge in [0.25, 0.3) is 0 Å². The van der Waals surface area contributed by atoms with Gasteiger partial charge in [-0.15, -0.1) is 0 Å². The van der Waals surface area contributed by atoms with E-state index in [1.807, 2.05) is 55.5 Å². The Morgan fingerprint density at radius 3 is 1.86 bits per heavy atom. The molecule has 0 spiro atoms. The van der Waals surface area contributed by atoms with Crippen LogP contribution < -0.4 is 18.9 Å². The summed E-state index contributed by atoms with van der Waals surface area (Å²) in [5.41, 5.74) is 0. The van der Waals surface area contributed by atoms with Crippen LogP contribution in [0.4, 0.5) is 0 Å². The molecule has 1 heterocycles. The first kappa shape index (κ1) is 20.8. The van der Waals surface area contributed by atoms with E-state index in [0.717, 1.165) is 36.5 Å². The van der Waals surface area contributed by atoms with Crippen molar-refractivity contribution in [1.82, 2.24) is 0 Å². The molecular formula is C23H28O6. The lowest BCUT2D eigenvalue weighted by atomic mass is 10.0. The highest BCUT2D eigenvalue weighted by atomic mass is 16.6. The van der Waals surface area contributed by atoms with Crippen molar-refractivity contribution < 1.29 is 28.5 Å². The summed E-state index contributed by atoms with van der Waals surface area (Å²) in [4.78, 5) is 12.1. The minimum Gasteiger partial charge on any atom is -0.497 e. The van der Waals surface area contributed by atoms with Gasteiger partial charge in [-0.3, -0.25) is 4.79 Å². The van der Waals surface area contributed by atoms with Crippen molar-refractivity contribution in [2.45, 2.75) is 50.9 Å². The maximum Gasteiger partial charge on any atom is 0.306 e. The Bertz CT molecular complexity index is 771. The van der Waals surface area contributed by atoms with Crippen LogP contribution in [0.5, 0.6) is 23.0 Å². The van der Waals surface area contributed by atoms with Crippen LogP contribution in [0.25, 0.3) is 0 Å². The maximum atomic E-state index is 12.1. The summed E-state index contributed by atoms with van der Waals surface area (Å²) in [6.07, 6.45) is 1.61. The monoisotopic (exact) mass is 400 g/mol. The first-order valence-electron chi connectivity index (χ1n) is 9.90. The Balaban J connectivity index is 1.82. The smallest absolute Gasteiger partial charge is 0.306 e. The molecule has 3 atom stereocenters. The van der Waals surface area contributed by atoms with Gasteiger partial charge in [-0.25, -0.2) is 0 Å². The third kappa shape index (κ3) is 5.79. The Morgan fingerprint density at radius 1 is 0.793 bits per heavy atom. The zero-order valence-electron chi connectivity index (χ0n) is 17.1. The summed E-state index contributed by atoms with van der Waals surface area (Å²) >= 11 is 0. The second kappa shape index (κ2) is 10.0. The molecule has 0 aromatic heterocycles. The molecule has 1 saturated heterocycles. The van der Waals surface area contributed by atoms with Crippen LogP contribution in [-0.4, -0.2) is 38.5 Å². The van der Waals surface area contributed by atoms with Crippen molar-refractivity contribution in [3.8, 4) is 23.0 Å². The first-order chi connectivity index (χ1) is 14.1. The molecule has 0 N–H and O–H groups in total. The van der Waals surface area contributed by atoms with E-state index in [0.29, 0.717) is 12.2 Å². The molecule has 156 valence electrons. The van der Waals surface area contributed by atoms with Crippen LogP contribution >= 0.6 is 0 Å². The fourth-order valence-corrected chi connectivity index (χ4v) is 3.35. The molecule has 0 bridgehead atoms. The largest absolute Gasteiger partial charge is 0.497 e. The molecule has 3 unspecified atom stereocenters. The average molecular weight is 400 g/mol. The SMILES string of the molecule is COc1ccc(OC2CCCCC(=O)OC(C)C2Oc2ccc(OC)cc2)cc1. The predicted molar refractivity (Wildman–Crippen MR) is 109 cm³/mol. The van der Waals surface area contributed by atoms with Gasteiger partial charge in [-0.1, -0.05) is 0 Å². The number of hydrogen-bond donors (Lipinski definition) is 0. The summed E-state index contributed by atoms with van der Waals surface area (Å²) in [6.45, 7) is 1.85. The van der Waals surface area contributed by atoms with Crippen LogP contribution in [-0.2, 0) is 9.53 Å². The second-order valence-electron chi connectivity index (χ2n) is 7.03. The van der Waals surface area contributed by atoms with Crippen molar-refractivity contribution in [2.24, 2.45) is 0 Å². The van der Waals surface area contributed by atoms with Crippen molar-refractivity contribution in [1.29, 1.82) is 0 Å². The second-order valence-corrected chi connectivity index (χ2v) is 7.03. The molecule has 0 radical (unpaired) electrons. The van der Waals surface area contributed by atoms with Gasteiger partial charge < -0.3 is 23.7 Å². The first-order valence-corrected chi connectivity index (χ1v) is 9.90. The molecule has 6 nitrogen and oxygen atoms in total. The van der Waals surface area contributed by atoms with Gasteiger partial charge in [0.15, 0.2) is 6.10 Å². The van der Waals surface area contributed by atoms with E-state index in [1.54, 1.807) is 14.2 Å². The zero-order valence-corrected chi connectivity index (χ0v) is 17.1. The minimum atomic E-state index is -0.453. The number of hydrogen-bond acceptors (Lipinski definition) is 6. The van der Waals surface area contributed by atoms with Gasteiger partial charge >= 0.3 is 5.97 Å². The molecule has 2 aromatic rings. The van der Waals surface area contributed by atoms with Gasteiger partial charge in [0.1, 0.15) is 35.2 Å². The van der Waals surface area contributed by atoms with Crippen molar-refractivity contribution in [3.63, 3.8) is 0 Å². The van der Waals surface area contributed by atoms with E-state index in [4.69, 9.17) is 23.7 Å². The summed E-state index contributed by atoms with van der Waals surface area (Å²) in [6, 6.07) is 14.8. The lowest BCUT2D eigenvalue weighted by Crippen LogP contribution is -2.45. The molecular weight excluding hydrogens is 372 g/mol. The number of esters is 1. The molecule has 0 saturated carbocycles. The van der Waals surface area contributed by atoms with Crippen LogP contribution in [0, 0.1) is 0 Å². The van der Waals surface area contributed by atoms with Gasteiger partial charge in [0.2, 0.25) is 0 Å². The number of carbonyl (C=O) groups excluding carboxylic acids is 1. The molecule has 29 heavy (non-hydrogen) atoms. The fourth-order valence-electron chi connectivity index (χ4n) is 3.35. The van der Waals surface area contributed by atoms with Gasteiger partial charge in [0, 0.05) is 6.42 Å². The van der Waals surface area contributed by atoms with Crippen molar-refractivity contribution in [3.05, 3.63) is 48.5 Å². The standard InChI is InChI=1S/C23H28O6/c1-16-23(29-20-14-10-18(26-3)11-15-20)21(6-4-5-7-22(24)27-16)28-19-12-8-17(25-2)9-13-19/h8-16,21,23H,4-7H2,1-3H3. The number of ether oxygens (including phenoxy) is 5. The van der Waals surface area contributed by atoms with E-state index in [2.05, 4.69) is 0 Å². The highest BCUT2D eigenvalue weighted by molar-refractivity contribution is 5.69. The summed E-state index contributed by atoms with van der Waals surface area (Å²) in [5.74, 6) is 2.70. The number of rotatable bonds is 6. The predicted octanol–water partition coefficient (Wildman–Crippen LogP) is 4.40. The molecule has 1 aliphatic heterocycles. The van der Waals surface area contributed by atoms with Crippen molar-refractivity contribution >= 4 is 5.97 Å². The van der Waals surface area contributed by atoms with Gasteiger partial charge in [-0.05, 0) is 74.7 Å². The Labute approximate surface area is 171 Å². The molecule has 6 heteroatoms. The Kier molecular flexibility index (Phi) is 7.22. The Hall–Kier alpha value is -2.89. The average Bonchev–Trinajstić information content (AvgIpc) is 2.80. The topological polar surface area (TPSA) is 63.2 Å². The highest BCUT2D eigenvalue weighted by Crippen LogP contribution is 2.27. The highest BCUT2D eigenvalue weighted by Gasteiger charge is 2.34. The van der Waals surface area contributed by atoms with E-state index in [9.17, 15) is 4.79 Å². The van der Waals surface area contributed by atoms with Gasteiger partial charge in [-0.2, -0.15) is 0 Å². The molecule has 1 aliphatic rings. The third-order valence-electron chi connectivity index (χ3n) is 4.94. The van der Waals surface area contributed by atoms with Crippen LogP contribution in [0.15, 0.2) is 48.5 Å².